The van der Waals surface area contributed by atoms with Crippen LogP contribution in [0.3, 0.4) is 0 Å². The summed E-state index contributed by atoms with van der Waals surface area (Å²) in [6.07, 6.45) is 3.63. The molecule has 7 heteroatoms. The summed E-state index contributed by atoms with van der Waals surface area (Å²) in [5.41, 5.74) is 0.614. The standard InChI is InChI=1S/C14H21N3O3S/c1-11-8-16-6-2-3-13(16)9-17(11)21(19,20)14-5-4-12(10-18)7-15-14/h4-5,7,11,13,18H,2-3,6,8-10H2,1H3. The molecule has 1 N–H and O–H groups in total. The third-order valence-corrected chi connectivity index (χ3v) is 6.33. The van der Waals surface area contributed by atoms with E-state index in [0.717, 1.165) is 25.9 Å². The minimum atomic E-state index is -3.56. The van der Waals surface area contributed by atoms with Crippen molar-refractivity contribution in [3.05, 3.63) is 23.9 Å². The summed E-state index contributed by atoms with van der Waals surface area (Å²) in [4.78, 5) is 6.40. The van der Waals surface area contributed by atoms with Crippen LogP contribution in [0.4, 0.5) is 0 Å². The molecule has 2 fully saturated rings. The van der Waals surface area contributed by atoms with E-state index in [2.05, 4.69) is 9.88 Å². The van der Waals surface area contributed by atoms with Crippen LogP contribution in [-0.2, 0) is 16.6 Å². The van der Waals surface area contributed by atoms with Gasteiger partial charge in [-0.2, -0.15) is 4.31 Å². The largest absolute Gasteiger partial charge is 0.392 e. The van der Waals surface area contributed by atoms with Crippen molar-refractivity contribution in [1.82, 2.24) is 14.2 Å². The topological polar surface area (TPSA) is 73.7 Å². The molecule has 6 nitrogen and oxygen atoms in total. The van der Waals surface area contributed by atoms with Crippen molar-refractivity contribution in [2.75, 3.05) is 19.6 Å². The van der Waals surface area contributed by atoms with Crippen LogP contribution in [0.15, 0.2) is 23.4 Å². The van der Waals surface area contributed by atoms with Gasteiger partial charge >= 0.3 is 0 Å². The highest BCUT2D eigenvalue weighted by Gasteiger charge is 2.40. The summed E-state index contributed by atoms with van der Waals surface area (Å²) in [6, 6.07) is 3.39. The fraction of sp³-hybridized carbons (Fsp3) is 0.643. The number of hydrogen-bond acceptors (Lipinski definition) is 5. The van der Waals surface area contributed by atoms with Crippen LogP contribution in [0, 0.1) is 0 Å². The molecule has 0 aromatic carbocycles. The Morgan fingerprint density at radius 1 is 1.38 bits per heavy atom. The van der Waals surface area contributed by atoms with Crippen molar-refractivity contribution < 1.29 is 13.5 Å². The van der Waals surface area contributed by atoms with Crippen molar-refractivity contribution in [2.45, 2.75) is 43.5 Å². The van der Waals surface area contributed by atoms with Gasteiger partial charge in [0, 0.05) is 31.4 Å². The molecule has 3 heterocycles. The molecular formula is C14H21N3O3S. The quantitative estimate of drug-likeness (QED) is 0.876. The maximum Gasteiger partial charge on any atom is 0.260 e. The van der Waals surface area contributed by atoms with Gasteiger partial charge in [0.15, 0.2) is 5.03 Å². The molecule has 21 heavy (non-hydrogen) atoms. The number of sulfonamides is 1. The van der Waals surface area contributed by atoms with Gasteiger partial charge in [0.1, 0.15) is 0 Å². The molecule has 0 amide bonds. The van der Waals surface area contributed by atoms with Gasteiger partial charge in [0.05, 0.1) is 6.61 Å². The van der Waals surface area contributed by atoms with Crippen molar-refractivity contribution in [1.29, 1.82) is 0 Å². The predicted molar refractivity (Wildman–Crippen MR) is 78.1 cm³/mol. The zero-order chi connectivity index (χ0) is 15.0. The average Bonchev–Trinajstić information content (AvgIpc) is 2.93. The molecule has 2 aliphatic rings. The summed E-state index contributed by atoms with van der Waals surface area (Å²) in [5, 5.41) is 9.09. The molecule has 0 aliphatic carbocycles. The van der Waals surface area contributed by atoms with Crippen LogP contribution < -0.4 is 0 Å². The molecule has 116 valence electrons. The van der Waals surface area contributed by atoms with Gasteiger partial charge in [-0.1, -0.05) is 6.07 Å². The number of aliphatic hydroxyl groups excluding tert-OH is 1. The minimum Gasteiger partial charge on any atom is -0.392 e. The Bertz CT molecular complexity index is 602. The van der Waals surface area contributed by atoms with E-state index in [-0.39, 0.29) is 17.7 Å². The molecule has 1 aromatic rings. The van der Waals surface area contributed by atoms with E-state index in [1.807, 2.05) is 6.92 Å². The molecule has 0 saturated carbocycles. The van der Waals surface area contributed by atoms with Crippen molar-refractivity contribution in [3.8, 4) is 0 Å². The SMILES string of the molecule is CC1CN2CCCC2CN1S(=O)(=O)c1ccc(CO)cn1. The number of aromatic nitrogens is 1. The third-order valence-electron chi connectivity index (χ3n) is 4.43. The van der Waals surface area contributed by atoms with E-state index in [1.165, 1.54) is 12.3 Å². The number of nitrogens with zero attached hydrogens (tertiary/aromatic N) is 3. The molecule has 2 saturated heterocycles. The first kappa shape index (κ1) is 14.9. The van der Waals surface area contributed by atoms with Crippen LogP contribution >= 0.6 is 0 Å². The second kappa shape index (κ2) is 5.64. The van der Waals surface area contributed by atoms with Crippen molar-refractivity contribution >= 4 is 10.0 Å². The molecule has 0 spiro atoms. The van der Waals surface area contributed by atoms with Gasteiger partial charge < -0.3 is 5.11 Å². The Morgan fingerprint density at radius 3 is 2.86 bits per heavy atom. The van der Waals surface area contributed by atoms with Gasteiger partial charge in [0.25, 0.3) is 10.0 Å². The van der Waals surface area contributed by atoms with Crippen molar-refractivity contribution in [3.63, 3.8) is 0 Å². The average molecular weight is 311 g/mol. The molecule has 0 radical (unpaired) electrons. The Morgan fingerprint density at radius 2 is 2.19 bits per heavy atom. The van der Waals surface area contributed by atoms with Gasteiger partial charge in [-0.25, -0.2) is 13.4 Å². The zero-order valence-corrected chi connectivity index (χ0v) is 13.0. The van der Waals surface area contributed by atoms with Gasteiger partial charge in [-0.15, -0.1) is 0 Å². The highest BCUT2D eigenvalue weighted by Crippen LogP contribution is 2.28. The van der Waals surface area contributed by atoms with E-state index in [9.17, 15) is 8.42 Å². The summed E-state index contributed by atoms with van der Waals surface area (Å²) < 4.78 is 27.1. The van der Waals surface area contributed by atoms with Crippen LogP contribution in [-0.4, -0.2) is 59.4 Å². The Labute approximate surface area is 125 Å². The smallest absolute Gasteiger partial charge is 0.260 e. The first-order valence-corrected chi connectivity index (χ1v) is 8.78. The lowest BCUT2D eigenvalue weighted by molar-refractivity contribution is 0.117. The first-order chi connectivity index (χ1) is 10.0. The number of aliphatic hydroxyl groups is 1. The number of fused-ring (bicyclic) bond motifs is 1. The summed E-state index contributed by atoms with van der Waals surface area (Å²) >= 11 is 0. The fourth-order valence-corrected chi connectivity index (χ4v) is 4.85. The van der Waals surface area contributed by atoms with Crippen LogP contribution in [0.2, 0.25) is 0 Å². The Hall–Kier alpha value is -1.02. The van der Waals surface area contributed by atoms with E-state index in [4.69, 9.17) is 5.11 Å². The number of piperazine rings is 1. The molecule has 2 unspecified atom stereocenters. The fourth-order valence-electron chi connectivity index (χ4n) is 3.27. The lowest BCUT2D eigenvalue weighted by atomic mass is 10.1. The van der Waals surface area contributed by atoms with Crippen molar-refractivity contribution in [2.24, 2.45) is 0 Å². The van der Waals surface area contributed by atoms with Crippen LogP contribution in [0.1, 0.15) is 25.3 Å². The molecule has 1 aromatic heterocycles. The predicted octanol–water partition coefficient (Wildman–Crippen LogP) is 0.431. The second-order valence-electron chi connectivity index (χ2n) is 5.88. The molecule has 2 atom stereocenters. The Kier molecular flexibility index (Phi) is 4.00. The van der Waals surface area contributed by atoms with E-state index >= 15 is 0 Å². The highest BCUT2D eigenvalue weighted by atomic mass is 32.2. The number of hydrogen-bond donors (Lipinski definition) is 1. The lowest BCUT2D eigenvalue weighted by Crippen LogP contribution is -2.56. The number of pyridine rings is 1. The van der Waals surface area contributed by atoms with Crippen LogP contribution in [0.5, 0.6) is 0 Å². The molecule has 0 bridgehead atoms. The summed E-state index contributed by atoms with van der Waals surface area (Å²) in [5.74, 6) is 0. The monoisotopic (exact) mass is 311 g/mol. The Balaban J connectivity index is 1.86. The molecule has 2 aliphatic heterocycles. The van der Waals surface area contributed by atoms with Gasteiger partial charge in [-0.3, -0.25) is 4.90 Å². The normalized spacial score (nSPS) is 27.7. The van der Waals surface area contributed by atoms with Gasteiger partial charge in [0.2, 0.25) is 0 Å². The van der Waals surface area contributed by atoms with E-state index in [1.54, 1.807) is 10.4 Å². The maximum absolute atomic E-state index is 12.8. The number of rotatable bonds is 3. The molecule has 3 rings (SSSR count). The molecular weight excluding hydrogens is 290 g/mol. The minimum absolute atomic E-state index is 0.0383. The second-order valence-corrected chi connectivity index (χ2v) is 7.71. The highest BCUT2D eigenvalue weighted by molar-refractivity contribution is 7.89. The summed E-state index contributed by atoms with van der Waals surface area (Å²) in [7, 11) is -3.56. The van der Waals surface area contributed by atoms with Crippen LogP contribution in [0.25, 0.3) is 0 Å². The first-order valence-electron chi connectivity index (χ1n) is 7.34. The third kappa shape index (κ3) is 2.70. The summed E-state index contributed by atoms with van der Waals surface area (Å²) in [6.45, 7) is 4.23. The van der Waals surface area contributed by atoms with Gasteiger partial charge in [-0.05, 0) is 37.9 Å². The maximum atomic E-state index is 12.8. The van der Waals surface area contributed by atoms with E-state index < -0.39 is 10.0 Å². The zero-order valence-electron chi connectivity index (χ0n) is 12.1. The van der Waals surface area contributed by atoms with E-state index in [0.29, 0.717) is 18.2 Å². The lowest BCUT2D eigenvalue weighted by Gasteiger charge is -2.41.